The van der Waals surface area contributed by atoms with Gasteiger partial charge >= 0.3 is 5.97 Å². The van der Waals surface area contributed by atoms with E-state index in [2.05, 4.69) is 66.5 Å². The number of carbonyl (C=O) groups is 2. The van der Waals surface area contributed by atoms with Crippen LogP contribution >= 0.6 is 0 Å². The predicted octanol–water partition coefficient (Wildman–Crippen LogP) is 6.58. The molecular weight excluding hydrogens is 508 g/mol. The summed E-state index contributed by atoms with van der Waals surface area (Å²) in [6.45, 7) is 6.81. The van der Waals surface area contributed by atoms with Gasteiger partial charge in [-0.2, -0.15) is 0 Å². The summed E-state index contributed by atoms with van der Waals surface area (Å²) in [5, 5.41) is 2.87. The van der Waals surface area contributed by atoms with Crippen LogP contribution in [0, 0.1) is 12.8 Å². The summed E-state index contributed by atoms with van der Waals surface area (Å²) in [6, 6.07) is 23.9. The first-order valence-electron chi connectivity index (χ1n) is 15.0. The normalized spacial score (nSPS) is 26.1. The van der Waals surface area contributed by atoms with Crippen molar-refractivity contribution in [1.29, 1.82) is 0 Å². The van der Waals surface area contributed by atoms with Crippen LogP contribution in [0.5, 0.6) is 0 Å². The number of hydrogen-bond acceptors (Lipinski definition) is 4. The number of likely N-dealkylation sites (tertiary alicyclic amines) is 1. The van der Waals surface area contributed by atoms with Crippen molar-refractivity contribution in [2.75, 3.05) is 20.2 Å². The molecule has 3 aromatic carbocycles. The van der Waals surface area contributed by atoms with E-state index in [9.17, 15) is 9.59 Å². The summed E-state index contributed by atoms with van der Waals surface area (Å²) in [5.74, 6) is 0.324. The van der Waals surface area contributed by atoms with Crippen LogP contribution in [0.4, 0.5) is 0 Å². The summed E-state index contributed by atoms with van der Waals surface area (Å²) >= 11 is 0. The van der Waals surface area contributed by atoms with Gasteiger partial charge in [-0.15, -0.1) is 0 Å². The fraction of sp³-hybridized carbons (Fsp3) is 0.389. The van der Waals surface area contributed by atoms with Gasteiger partial charge in [0.05, 0.1) is 7.11 Å². The Bertz CT molecular complexity index is 1460. The van der Waals surface area contributed by atoms with Crippen molar-refractivity contribution < 1.29 is 14.3 Å². The number of benzene rings is 3. The van der Waals surface area contributed by atoms with Gasteiger partial charge in [0.15, 0.2) is 6.04 Å². The van der Waals surface area contributed by atoms with E-state index < -0.39 is 12.0 Å². The third kappa shape index (κ3) is 5.12. The van der Waals surface area contributed by atoms with Crippen molar-refractivity contribution in [2.45, 2.75) is 62.9 Å². The van der Waals surface area contributed by atoms with Gasteiger partial charge in [0.25, 0.3) is 5.91 Å². The van der Waals surface area contributed by atoms with Gasteiger partial charge in [0.1, 0.15) is 0 Å². The molecule has 0 aromatic heterocycles. The predicted molar refractivity (Wildman–Crippen MR) is 163 cm³/mol. The van der Waals surface area contributed by atoms with E-state index in [0.717, 1.165) is 25.1 Å². The number of ether oxygens (including phenoxy) is 1. The van der Waals surface area contributed by atoms with E-state index in [1.165, 1.54) is 43.1 Å². The first-order valence-corrected chi connectivity index (χ1v) is 15.0. The summed E-state index contributed by atoms with van der Waals surface area (Å²) in [5.41, 5.74) is 6.82. The molecule has 3 aromatic rings. The number of fused-ring (bicyclic) bond motifs is 2. The zero-order valence-corrected chi connectivity index (χ0v) is 24.3. The van der Waals surface area contributed by atoms with Crippen LogP contribution < -0.4 is 5.32 Å². The maximum Gasteiger partial charge on any atom is 0.333 e. The van der Waals surface area contributed by atoms with Gasteiger partial charge in [-0.05, 0) is 90.9 Å². The quantitative estimate of drug-likeness (QED) is 0.354. The van der Waals surface area contributed by atoms with Crippen LogP contribution in [0.15, 0.2) is 78.9 Å². The molecule has 1 amide bonds. The van der Waals surface area contributed by atoms with Crippen molar-refractivity contribution in [3.8, 4) is 0 Å². The lowest BCUT2D eigenvalue weighted by Crippen LogP contribution is -2.50. The van der Waals surface area contributed by atoms with Gasteiger partial charge in [0.2, 0.25) is 0 Å². The van der Waals surface area contributed by atoms with Crippen LogP contribution in [0.1, 0.15) is 82.7 Å². The number of carbonyl (C=O) groups excluding carboxylic acids is 2. The van der Waals surface area contributed by atoms with Crippen molar-refractivity contribution >= 4 is 18.0 Å². The van der Waals surface area contributed by atoms with Gasteiger partial charge in [-0.3, -0.25) is 4.79 Å². The van der Waals surface area contributed by atoms with Crippen LogP contribution in [0.25, 0.3) is 6.08 Å². The van der Waals surface area contributed by atoms with Crippen molar-refractivity contribution in [2.24, 2.45) is 5.92 Å². The summed E-state index contributed by atoms with van der Waals surface area (Å²) < 4.78 is 4.96. The number of nitrogens with zero attached hydrogens (tertiary/aromatic N) is 1. The fourth-order valence-corrected chi connectivity index (χ4v) is 7.66. The van der Waals surface area contributed by atoms with Crippen LogP contribution in [-0.2, 0) is 14.9 Å². The molecule has 2 aliphatic carbocycles. The zero-order valence-electron chi connectivity index (χ0n) is 24.3. The molecule has 6 rings (SSSR count). The summed E-state index contributed by atoms with van der Waals surface area (Å²) in [6.07, 6.45) is 9.55. The second-order valence-corrected chi connectivity index (χ2v) is 12.2. The molecule has 1 saturated heterocycles. The van der Waals surface area contributed by atoms with Gasteiger partial charge in [0, 0.05) is 23.6 Å². The lowest BCUT2D eigenvalue weighted by Gasteiger charge is -2.46. The molecule has 0 radical (unpaired) electrons. The van der Waals surface area contributed by atoms with Gasteiger partial charge in [-0.25, -0.2) is 4.79 Å². The number of aryl methyl sites for hydroxylation is 1. The average Bonchev–Trinajstić information content (AvgIpc) is 3.64. The second-order valence-electron chi connectivity index (χ2n) is 12.2. The first-order chi connectivity index (χ1) is 19.9. The third-order valence-electron chi connectivity index (χ3n) is 9.96. The van der Waals surface area contributed by atoms with Crippen LogP contribution in [0.2, 0.25) is 0 Å². The Hall–Kier alpha value is -3.70. The lowest BCUT2D eigenvalue weighted by molar-refractivity contribution is -0.143. The molecule has 3 aliphatic rings. The van der Waals surface area contributed by atoms with Gasteiger partial charge in [-0.1, -0.05) is 79.7 Å². The topological polar surface area (TPSA) is 58.6 Å². The van der Waals surface area contributed by atoms with Crippen LogP contribution in [0.3, 0.4) is 0 Å². The maximum atomic E-state index is 13.2. The highest BCUT2D eigenvalue weighted by atomic mass is 16.5. The van der Waals surface area contributed by atoms with E-state index in [-0.39, 0.29) is 11.3 Å². The van der Waals surface area contributed by atoms with E-state index >= 15 is 0 Å². The Morgan fingerprint density at radius 1 is 1.02 bits per heavy atom. The number of rotatable bonds is 6. The number of nitrogens with one attached hydrogen (secondary N) is 1. The van der Waals surface area contributed by atoms with Crippen molar-refractivity contribution in [3.05, 3.63) is 112 Å². The molecular formula is C36H40N2O3. The smallest absolute Gasteiger partial charge is 0.333 e. The highest BCUT2D eigenvalue weighted by Crippen LogP contribution is 2.48. The molecule has 1 aliphatic heterocycles. The third-order valence-corrected chi connectivity index (χ3v) is 9.96. The maximum absolute atomic E-state index is 13.2. The highest BCUT2D eigenvalue weighted by molar-refractivity contribution is 5.97. The zero-order chi connectivity index (χ0) is 28.6. The number of methoxy groups -OCH3 is 1. The average molecular weight is 549 g/mol. The molecule has 2 fully saturated rings. The molecule has 3 unspecified atom stereocenters. The Labute approximate surface area is 243 Å². The molecule has 5 nitrogen and oxygen atoms in total. The Morgan fingerprint density at radius 3 is 2.56 bits per heavy atom. The fourth-order valence-electron chi connectivity index (χ4n) is 7.66. The number of allylic oxidation sites excluding steroid dienone is 1. The highest BCUT2D eigenvalue weighted by Gasteiger charge is 2.45. The first kappa shape index (κ1) is 27.5. The largest absolute Gasteiger partial charge is 0.467 e. The molecule has 1 heterocycles. The van der Waals surface area contributed by atoms with E-state index in [4.69, 9.17) is 4.74 Å². The minimum atomic E-state index is -0.844. The Kier molecular flexibility index (Phi) is 7.56. The summed E-state index contributed by atoms with van der Waals surface area (Å²) in [4.78, 5) is 28.4. The van der Waals surface area contributed by atoms with E-state index in [1.54, 1.807) is 0 Å². The SMILES string of the molecule is COC(=O)[C@@H](NC(=O)c1ccc(C2CCC(N3CCC4(C=Cc5ccccc54)[C@@H](C)C3)C2)c(C)c1)c1ccccc1. The second kappa shape index (κ2) is 11.3. The minimum absolute atomic E-state index is 0.186. The lowest BCUT2D eigenvalue weighted by atomic mass is 9.68. The summed E-state index contributed by atoms with van der Waals surface area (Å²) in [7, 11) is 1.34. The number of piperidine rings is 1. The number of esters is 1. The molecule has 212 valence electrons. The molecule has 1 spiro atoms. The van der Waals surface area contributed by atoms with Crippen molar-refractivity contribution in [3.63, 3.8) is 0 Å². The van der Waals surface area contributed by atoms with Crippen molar-refractivity contribution in [1.82, 2.24) is 10.2 Å². The molecule has 5 atom stereocenters. The Balaban J connectivity index is 1.10. The Morgan fingerprint density at radius 2 is 1.80 bits per heavy atom. The molecule has 1 saturated carbocycles. The molecule has 41 heavy (non-hydrogen) atoms. The number of amides is 1. The van der Waals surface area contributed by atoms with E-state index in [0.29, 0.717) is 29.0 Å². The standard InChI is InChI=1S/C36H40N2O3/c1-24-21-29(34(39)37-33(35(40)41-3)27-10-5-4-6-11-27)14-16-31(24)28-13-15-30(22-28)38-20-19-36(25(2)23-38)18-17-26-9-7-8-12-32(26)36/h4-12,14,16-18,21,25,28,30,33H,13,15,19-20,22-23H2,1-3H3,(H,37,39)/t25-,28?,30?,33-,36?/m0/s1. The monoisotopic (exact) mass is 548 g/mol. The minimum Gasteiger partial charge on any atom is -0.467 e. The molecule has 1 N–H and O–H groups in total. The number of hydrogen-bond donors (Lipinski definition) is 1. The van der Waals surface area contributed by atoms with Gasteiger partial charge < -0.3 is 15.0 Å². The molecule has 5 heteroatoms. The molecule has 0 bridgehead atoms. The van der Waals surface area contributed by atoms with Crippen LogP contribution in [-0.4, -0.2) is 43.0 Å². The van der Waals surface area contributed by atoms with E-state index in [1.807, 2.05) is 42.5 Å².